The highest BCUT2D eigenvalue weighted by Crippen LogP contribution is 2.03. The molecular weight excluding hydrogens is 174 g/mol. The fourth-order valence-electron chi connectivity index (χ4n) is 1.52. The number of hydrogen-bond donors (Lipinski definition) is 1. The molecule has 0 atom stereocenters. The number of hydrogen-bond acceptors (Lipinski definition) is 2. The quantitative estimate of drug-likeness (QED) is 0.676. The molecule has 0 aromatic carbocycles. The van der Waals surface area contributed by atoms with Crippen LogP contribution in [0.1, 0.15) is 38.3 Å². The zero-order valence-electron chi connectivity index (χ0n) is 9.29. The third-order valence-electron chi connectivity index (χ3n) is 2.31. The minimum Gasteiger partial charge on any atom is -0.337 e. The van der Waals surface area contributed by atoms with Gasteiger partial charge in [0.25, 0.3) is 0 Å². The van der Waals surface area contributed by atoms with Gasteiger partial charge in [-0.25, -0.2) is 4.98 Å². The maximum atomic E-state index is 4.31. The standard InChI is InChI=1S/C11H21N3/c1-3-4-5-6-7-14-9-11(8-12-2)13-10-14/h9-10,12H,3-8H2,1-2H3. The Hall–Kier alpha value is -0.830. The van der Waals surface area contributed by atoms with E-state index in [1.165, 1.54) is 25.7 Å². The molecule has 0 aliphatic heterocycles. The summed E-state index contributed by atoms with van der Waals surface area (Å²) in [7, 11) is 1.94. The molecule has 1 N–H and O–H groups in total. The lowest BCUT2D eigenvalue weighted by molar-refractivity contribution is 0.581. The van der Waals surface area contributed by atoms with Gasteiger partial charge in [-0.1, -0.05) is 26.2 Å². The topological polar surface area (TPSA) is 29.9 Å². The number of imidazole rings is 1. The number of nitrogens with zero attached hydrogens (tertiary/aromatic N) is 2. The van der Waals surface area contributed by atoms with Gasteiger partial charge < -0.3 is 9.88 Å². The first-order chi connectivity index (χ1) is 6.86. The zero-order valence-corrected chi connectivity index (χ0v) is 9.29. The van der Waals surface area contributed by atoms with Gasteiger partial charge in [-0.3, -0.25) is 0 Å². The van der Waals surface area contributed by atoms with Gasteiger partial charge in [0.05, 0.1) is 12.0 Å². The van der Waals surface area contributed by atoms with Crippen LogP contribution in [0.25, 0.3) is 0 Å². The Morgan fingerprint density at radius 2 is 2.21 bits per heavy atom. The molecule has 0 aliphatic rings. The van der Waals surface area contributed by atoms with Crippen LogP contribution in [0.15, 0.2) is 12.5 Å². The predicted molar refractivity (Wildman–Crippen MR) is 59.1 cm³/mol. The van der Waals surface area contributed by atoms with Gasteiger partial charge in [0.2, 0.25) is 0 Å². The third-order valence-corrected chi connectivity index (χ3v) is 2.31. The molecule has 0 fully saturated rings. The molecular formula is C11H21N3. The van der Waals surface area contributed by atoms with Gasteiger partial charge in [0.15, 0.2) is 0 Å². The summed E-state index contributed by atoms with van der Waals surface area (Å²) in [5.41, 5.74) is 1.13. The molecule has 1 heterocycles. The number of rotatable bonds is 7. The highest BCUT2D eigenvalue weighted by Gasteiger charge is 1.96. The maximum absolute atomic E-state index is 4.31. The summed E-state index contributed by atoms with van der Waals surface area (Å²) in [5.74, 6) is 0. The molecule has 3 heteroatoms. The summed E-state index contributed by atoms with van der Waals surface area (Å²) in [6.07, 6.45) is 9.30. The highest BCUT2D eigenvalue weighted by molar-refractivity contribution is 4.95. The van der Waals surface area contributed by atoms with Crippen LogP contribution in [0.5, 0.6) is 0 Å². The molecule has 0 amide bonds. The Bertz CT molecular complexity index is 242. The molecule has 0 saturated heterocycles. The molecule has 3 nitrogen and oxygen atoms in total. The summed E-state index contributed by atoms with van der Waals surface area (Å²) < 4.78 is 2.18. The molecule has 14 heavy (non-hydrogen) atoms. The van der Waals surface area contributed by atoms with Crippen LogP contribution in [-0.2, 0) is 13.1 Å². The van der Waals surface area contributed by atoms with Crippen LogP contribution in [-0.4, -0.2) is 16.6 Å². The number of aryl methyl sites for hydroxylation is 1. The van der Waals surface area contributed by atoms with Gasteiger partial charge >= 0.3 is 0 Å². The predicted octanol–water partition coefficient (Wildman–Crippen LogP) is 2.18. The van der Waals surface area contributed by atoms with E-state index in [9.17, 15) is 0 Å². The third kappa shape index (κ3) is 3.92. The average molecular weight is 195 g/mol. The van der Waals surface area contributed by atoms with Gasteiger partial charge in [0.1, 0.15) is 0 Å². The first-order valence-electron chi connectivity index (χ1n) is 5.52. The summed E-state index contributed by atoms with van der Waals surface area (Å²) >= 11 is 0. The lowest BCUT2D eigenvalue weighted by Gasteiger charge is -2.00. The van der Waals surface area contributed by atoms with Crippen molar-refractivity contribution >= 4 is 0 Å². The van der Waals surface area contributed by atoms with Crippen molar-refractivity contribution in [3.05, 3.63) is 18.2 Å². The van der Waals surface area contributed by atoms with Crippen molar-refractivity contribution in [2.45, 2.75) is 45.7 Å². The van der Waals surface area contributed by atoms with E-state index < -0.39 is 0 Å². The van der Waals surface area contributed by atoms with Gasteiger partial charge in [-0.2, -0.15) is 0 Å². The number of nitrogens with one attached hydrogen (secondary N) is 1. The summed E-state index contributed by atoms with van der Waals surface area (Å²) in [5, 5.41) is 3.10. The van der Waals surface area contributed by atoms with E-state index in [-0.39, 0.29) is 0 Å². The molecule has 1 rings (SSSR count). The summed E-state index contributed by atoms with van der Waals surface area (Å²) in [6.45, 7) is 4.21. The van der Waals surface area contributed by atoms with Crippen LogP contribution < -0.4 is 5.32 Å². The minimum atomic E-state index is 0.863. The first-order valence-corrected chi connectivity index (χ1v) is 5.52. The summed E-state index contributed by atoms with van der Waals surface area (Å²) in [6, 6.07) is 0. The van der Waals surface area contributed by atoms with Crippen molar-refractivity contribution in [3.63, 3.8) is 0 Å². The van der Waals surface area contributed by atoms with Crippen LogP contribution in [0, 0.1) is 0 Å². The Kier molecular flexibility index (Phi) is 5.30. The molecule has 0 saturated carbocycles. The Morgan fingerprint density at radius 3 is 2.93 bits per heavy atom. The van der Waals surface area contributed by atoms with E-state index in [1.807, 2.05) is 13.4 Å². The monoisotopic (exact) mass is 195 g/mol. The van der Waals surface area contributed by atoms with Gasteiger partial charge in [-0.15, -0.1) is 0 Å². The average Bonchev–Trinajstić information content (AvgIpc) is 2.61. The van der Waals surface area contributed by atoms with Crippen molar-refractivity contribution in [2.75, 3.05) is 7.05 Å². The lowest BCUT2D eigenvalue weighted by Crippen LogP contribution is -2.05. The van der Waals surface area contributed by atoms with E-state index in [0.717, 1.165) is 18.8 Å². The molecule has 0 bridgehead atoms. The summed E-state index contributed by atoms with van der Waals surface area (Å²) in [4.78, 5) is 4.31. The Balaban J connectivity index is 2.22. The van der Waals surface area contributed by atoms with Crippen LogP contribution in [0.4, 0.5) is 0 Å². The molecule has 0 aliphatic carbocycles. The second-order valence-corrected chi connectivity index (χ2v) is 3.69. The van der Waals surface area contributed by atoms with Gasteiger partial charge in [-0.05, 0) is 13.5 Å². The highest BCUT2D eigenvalue weighted by atomic mass is 15.0. The largest absolute Gasteiger partial charge is 0.337 e. The van der Waals surface area contributed by atoms with Gasteiger partial charge in [0, 0.05) is 19.3 Å². The van der Waals surface area contributed by atoms with E-state index >= 15 is 0 Å². The number of aromatic nitrogens is 2. The van der Waals surface area contributed by atoms with Crippen molar-refractivity contribution < 1.29 is 0 Å². The normalized spacial score (nSPS) is 10.7. The number of unbranched alkanes of at least 4 members (excludes halogenated alkanes) is 3. The smallest absolute Gasteiger partial charge is 0.0949 e. The lowest BCUT2D eigenvalue weighted by atomic mass is 10.2. The SMILES string of the molecule is CCCCCCn1cnc(CNC)c1. The first kappa shape index (κ1) is 11.2. The zero-order chi connectivity index (χ0) is 10.2. The van der Waals surface area contributed by atoms with E-state index in [4.69, 9.17) is 0 Å². The molecule has 1 aromatic heterocycles. The molecule has 0 radical (unpaired) electrons. The molecule has 80 valence electrons. The minimum absolute atomic E-state index is 0.863. The van der Waals surface area contributed by atoms with Crippen LogP contribution >= 0.6 is 0 Å². The van der Waals surface area contributed by atoms with Crippen LogP contribution in [0.3, 0.4) is 0 Å². The maximum Gasteiger partial charge on any atom is 0.0949 e. The van der Waals surface area contributed by atoms with E-state index in [2.05, 4.69) is 28.0 Å². The Labute approximate surface area is 86.5 Å². The fourth-order valence-corrected chi connectivity index (χ4v) is 1.52. The Morgan fingerprint density at radius 1 is 1.36 bits per heavy atom. The van der Waals surface area contributed by atoms with Crippen LogP contribution in [0.2, 0.25) is 0 Å². The second-order valence-electron chi connectivity index (χ2n) is 3.69. The molecule has 0 unspecified atom stereocenters. The molecule has 0 spiro atoms. The fraction of sp³-hybridized carbons (Fsp3) is 0.727. The van der Waals surface area contributed by atoms with E-state index in [1.54, 1.807) is 0 Å². The second kappa shape index (κ2) is 6.60. The van der Waals surface area contributed by atoms with Crippen molar-refractivity contribution in [1.82, 2.24) is 14.9 Å². The van der Waals surface area contributed by atoms with Crippen molar-refractivity contribution in [3.8, 4) is 0 Å². The van der Waals surface area contributed by atoms with E-state index in [0.29, 0.717) is 0 Å². The molecule has 1 aromatic rings. The van der Waals surface area contributed by atoms with Crippen molar-refractivity contribution in [2.24, 2.45) is 0 Å². The van der Waals surface area contributed by atoms with Crippen molar-refractivity contribution in [1.29, 1.82) is 0 Å².